The molecule has 0 aliphatic carbocycles. The van der Waals surface area contributed by atoms with Gasteiger partial charge in [-0.3, -0.25) is 0 Å². The van der Waals surface area contributed by atoms with E-state index < -0.39 is 0 Å². The van der Waals surface area contributed by atoms with Gasteiger partial charge in [0, 0.05) is 17.6 Å². The van der Waals surface area contributed by atoms with Gasteiger partial charge in [-0.05, 0) is 22.0 Å². The molecular formula is C6H7BrN2S. The normalized spacial score (nSPS) is 11.0. The molecule has 4 heteroatoms. The van der Waals surface area contributed by atoms with Crippen molar-refractivity contribution in [3.8, 4) is 0 Å². The number of halogens is 1. The van der Waals surface area contributed by atoms with Gasteiger partial charge < -0.3 is 5.73 Å². The van der Waals surface area contributed by atoms with Gasteiger partial charge in [0.2, 0.25) is 0 Å². The molecule has 0 spiro atoms. The predicted octanol–water partition coefficient (Wildman–Crippen LogP) is 1.88. The summed E-state index contributed by atoms with van der Waals surface area (Å²) in [5, 5.41) is 0. The zero-order valence-corrected chi connectivity index (χ0v) is 7.65. The third-order valence-corrected chi connectivity index (χ3v) is 2.35. The standard InChI is InChI=1S/C6H7BrN2S/c7-6-9-4-5(10-6)2-1-3-8/h1-2,4H,3,8H2/b2-1+. The highest BCUT2D eigenvalue weighted by Crippen LogP contribution is 2.19. The van der Waals surface area contributed by atoms with Gasteiger partial charge in [0.15, 0.2) is 3.92 Å². The van der Waals surface area contributed by atoms with Crippen LogP contribution in [0.2, 0.25) is 0 Å². The number of hydrogen-bond acceptors (Lipinski definition) is 3. The molecule has 0 saturated carbocycles. The van der Waals surface area contributed by atoms with E-state index in [9.17, 15) is 0 Å². The molecule has 1 aromatic rings. The van der Waals surface area contributed by atoms with Gasteiger partial charge in [-0.1, -0.05) is 6.08 Å². The average molecular weight is 219 g/mol. The Morgan fingerprint density at radius 1 is 1.80 bits per heavy atom. The second kappa shape index (κ2) is 3.85. The van der Waals surface area contributed by atoms with Crippen molar-refractivity contribution < 1.29 is 0 Å². The van der Waals surface area contributed by atoms with E-state index in [0.29, 0.717) is 6.54 Å². The molecule has 2 N–H and O–H groups in total. The van der Waals surface area contributed by atoms with Crippen LogP contribution in [0.4, 0.5) is 0 Å². The molecule has 1 heterocycles. The van der Waals surface area contributed by atoms with Crippen LogP contribution in [0.25, 0.3) is 6.08 Å². The minimum absolute atomic E-state index is 0.579. The largest absolute Gasteiger partial charge is 0.327 e. The van der Waals surface area contributed by atoms with Crippen LogP contribution in [-0.4, -0.2) is 11.5 Å². The van der Waals surface area contributed by atoms with Crippen molar-refractivity contribution in [3.05, 3.63) is 21.1 Å². The van der Waals surface area contributed by atoms with E-state index in [4.69, 9.17) is 5.73 Å². The minimum Gasteiger partial charge on any atom is -0.327 e. The Morgan fingerprint density at radius 2 is 2.60 bits per heavy atom. The van der Waals surface area contributed by atoms with Crippen molar-refractivity contribution in [3.63, 3.8) is 0 Å². The summed E-state index contributed by atoms with van der Waals surface area (Å²) in [7, 11) is 0. The highest BCUT2D eigenvalue weighted by atomic mass is 79.9. The van der Waals surface area contributed by atoms with E-state index in [1.54, 1.807) is 17.5 Å². The lowest BCUT2D eigenvalue weighted by Gasteiger charge is -1.78. The monoisotopic (exact) mass is 218 g/mol. The molecule has 0 fully saturated rings. The van der Waals surface area contributed by atoms with Crippen LogP contribution in [0.1, 0.15) is 4.88 Å². The van der Waals surface area contributed by atoms with E-state index in [1.165, 1.54) is 0 Å². The first-order valence-electron chi connectivity index (χ1n) is 2.81. The third-order valence-electron chi connectivity index (χ3n) is 0.914. The van der Waals surface area contributed by atoms with Crippen LogP contribution in [0, 0.1) is 0 Å². The highest BCUT2D eigenvalue weighted by Gasteiger charge is 1.91. The van der Waals surface area contributed by atoms with Gasteiger partial charge >= 0.3 is 0 Å². The maximum absolute atomic E-state index is 5.27. The lowest BCUT2D eigenvalue weighted by molar-refractivity contribution is 1.26. The van der Waals surface area contributed by atoms with Crippen molar-refractivity contribution in [2.45, 2.75) is 0 Å². The van der Waals surface area contributed by atoms with Crippen LogP contribution in [0.5, 0.6) is 0 Å². The fourth-order valence-corrected chi connectivity index (χ4v) is 1.76. The zero-order chi connectivity index (χ0) is 7.40. The molecule has 0 radical (unpaired) electrons. The molecule has 0 bridgehead atoms. The maximum atomic E-state index is 5.27. The summed E-state index contributed by atoms with van der Waals surface area (Å²) in [6.07, 6.45) is 5.67. The number of aromatic nitrogens is 1. The van der Waals surface area contributed by atoms with Crippen LogP contribution in [0.3, 0.4) is 0 Å². The molecule has 0 atom stereocenters. The summed E-state index contributed by atoms with van der Waals surface area (Å²) < 4.78 is 0.907. The van der Waals surface area contributed by atoms with Gasteiger partial charge in [0.05, 0.1) is 0 Å². The smallest absolute Gasteiger partial charge is 0.159 e. The van der Waals surface area contributed by atoms with E-state index >= 15 is 0 Å². The maximum Gasteiger partial charge on any atom is 0.159 e. The summed E-state index contributed by atoms with van der Waals surface area (Å²) in [5.74, 6) is 0. The fraction of sp³-hybridized carbons (Fsp3) is 0.167. The molecule has 0 aromatic carbocycles. The van der Waals surface area contributed by atoms with Crippen molar-refractivity contribution in [2.75, 3.05) is 6.54 Å². The molecule has 54 valence electrons. The minimum atomic E-state index is 0.579. The fourth-order valence-electron chi connectivity index (χ4n) is 0.526. The second-order valence-corrected chi connectivity index (χ2v) is 3.99. The Bertz CT molecular complexity index is 231. The Balaban J connectivity index is 2.67. The molecular weight excluding hydrogens is 212 g/mol. The highest BCUT2D eigenvalue weighted by molar-refractivity contribution is 9.11. The van der Waals surface area contributed by atoms with Crippen molar-refractivity contribution in [2.24, 2.45) is 5.73 Å². The molecule has 0 saturated heterocycles. The Morgan fingerprint density at radius 3 is 3.10 bits per heavy atom. The Kier molecular flexibility index (Phi) is 3.05. The van der Waals surface area contributed by atoms with Crippen LogP contribution >= 0.6 is 27.3 Å². The van der Waals surface area contributed by atoms with Crippen LogP contribution < -0.4 is 5.73 Å². The number of rotatable bonds is 2. The molecule has 0 aliphatic heterocycles. The lowest BCUT2D eigenvalue weighted by atomic mass is 10.4. The molecule has 1 aromatic heterocycles. The SMILES string of the molecule is NC/C=C/c1cnc(Br)s1. The first-order chi connectivity index (χ1) is 4.83. The Labute approximate surface area is 71.9 Å². The van der Waals surface area contributed by atoms with Crippen molar-refractivity contribution >= 4 is 33.3 Å². The summed E-state index contributed by atoms with van der Waals surface area (Å²) in [4.78, 5) is 5.14. The number of nitrogens with zero attached hydrogens (tertiary/aromatic N) is 1. The molecule has 2 nitrogen and oxygen atoms in total. The molecule has 0 aliphatic rings. The summed E-state index contributed by atoms with van der Waals surface area (Å²) in [5.41, 5.74) is 5.27. The van der Waals surface area contributed by atoms with Gasteiger partial charge in [-0.2, -0.15) is 0 Å². The molecule has 10 heavy (non-hydrogen) atoms. The van der Waals surface area contributed by atoms with Crippen molar-refractivity contribution in [1.29, 1.82) is 0 Å². The van der Waals surface area contributed by atoms with Crippen LogP contribution in [0.15, 0.2) is 16.2 Å². The third kappa shape index (κ3) is 2.21. The predicted molar refractivity (Wildman–Crippen MR) is 47.9 cm³/mol. The topological polar surface area (TPSA) is 38.9 Å². The van der Waals surface area contributed by atoms with E-state index in [1.807, 2.05) is 12.2 Å². The number of hydrogen-bond donors (Lipinski definition) is 1. The van der Waals surface area contributed by atoms with Crippen molar-refractivity contribution in [1.82, 2.24) is 4.98 Å². The van der Waals surface area contributed by atoms with E-state index in [2.05, 4.69) is 20.9 Å². The van der Waals surface area contributed by atoms with Gasteiger partial charge in [0.1, 0.15) is 0 Å². The van der Waals surface area contributed by atoms with Gasteiger partial charge in [-0.15, -0.1) is 11.3 Å². The Hall–Kier alpha value is -0.190. The number of nitrogens with two attached hydrogens (primary N) is 1. The average Bonchev–Trinajstić information content (AvgIpc) is 2.31. The van der Waals surface area contributed by atoms with Gasteiger partial charge in [0.25, 0.3) is 0 Å². The van der Waals surface area contributed by atoms with Gasteiger partial charge in [-0.25, -0.2) is 4.98 Å². The number of thiazole rings is 1. The van der Waals surface area contributed by atoms with E-state index in [-0.39, 0.29) is 0 Å². The first kappa shape index (κ1) is 7.91. The van der Waals surface area contributed by atoms with Crippen LogP contribution in [-0.2, 0) is 0 Å². The second-order valence-electron chi connectivity index (χ2n) is 1.65. The molecule has 0 unspecified atom stereocenters. The quantitative estimate of drug-likeness (QED) is 0.824. The summed E-state index contributed by atoms with van der Waals surface area (Å²) in [6.45, 7) is 0.579. The molecule has 0 amide bonds. The zero-order valence-electron chi connectivity index (χ0n) is 5.25. The molecule has 1 rings (SSSR count). The van der Waals surface area contributed by atoms with E-state index in [0.717, 1.165) is 8.79 Å². The summed E-state index contributed by atoms with van der Waals surface area (Å²) >= 11 is 4.86. The summed E-state index contributed by atoms with van der Waals surface area (Å²) in [6, 6.07) is 0. The first-order valence-corrected chi connectivity index (χ1v) is 4.42. The lowest BCUT2D eigenvalue weighted by Crippen LogP contribution is -1.91.